The second kappa shape index (κ2) is 6.39. The molecule has 0 unspecified atom stereocenters. The first-order chi connectivity index (χ1) is 10.2. The van der Waals surface area contributed by atoms with Gasteiger partial charge in [0.25, 0.3) is 0 Å². The normalized spacial score (nSPS) is 10.7. The lowest BCUT2D eigenvalue weighted by molar-refractivity contribution is 1.29. The third-order valence-corrected chi connectivity index (χ3v) is 9.61. The zero-order chi connectivity index (χ0) is 15.3. The Morgan fingerprint density at radius 2 is 1.14 bits per heavy atom. The van der Waals surface area contributed by atoms with Gasteiger partial charge in [-0.15, -0.1) is 0 Å². The molecule has 2 aromatic rings. The third kappa shape index (κ3) is 2.49. The van der Waals surface area contributed by atoms with Crippen molar-refractivity contribution in [2.45, 2.75) is 25.9 Å². The van der Waals surface area contributed by atoms with Gasteiger partial charge in [-0.3, -0.25) is 0 Å². The molecule has 0 bridgehead atoms. The van der Waals surface area contributed by atoms with Gasteiger partial charge >= 0.3 is 0 Å². The summed E-state index contributed by atoms with van der Waals surface area (Å²) >= 11 is 0. The van der Waals surface area contributed by atoms with Gasteiger partial charge < -0.3 is 0 Å². The Kier molecular flexibility index (Phi) is 4.58. The lowest BCUT2D eigenvalue weighted by Gasteiger charge is -2.33. The van der Waals surface area contributed by atoms with Gasteiger partial charge in [-0.2, -0.15) is 0 Å². The average Bonchev–Trinajstić information content (AvgIpc) is 2.57. The van der Waals surface area contributed by atoms with Gasteiger partial charge in [0.15, 0.2) is 11.4 Å². The van der Waals surface area contributed by atoms with Crippen LogP contribution in [0.15, 0.2) is 48.5 Å². The molecule has 0 saturated carbocycles. The van der Waals surface area contributed by atoms with Crippen molar-refractivity contribution in [1.29, 1.82) is 0 Å². The first-order valence-corrected chi connectivity index (χ1v) is 9.58. The fraction of sp³-hybridized carbons (Fsp3) is 0.222. The molecule has 0 fully saturated rings. The Labute approximate surface area is 127 Å². The molecule has 104 valence electrons. The van der Waals surface area contributed by atoms with E-state index in [9.17, 15) is 0 Å². The molecule has 0 heterocycles. The number of rotatable bonds is 4. The van der Waals surface area contributed by atoms with E-state index in [1.165, 1.54) is 10.4 Å². The molecule has 0 aliphatic rings. The van der Waals surface area contributed by atoms with Gasteiger partial charge in [0.05, 0.1) is 21.2 Å². The van der Waals surface area contributed by atoms with Crippen LogP contribution < -0.4 is 10.4 Å². The molecule has 2 aromatic carbocycles. The SMILES string of the molecule is [C-]#[N+]c1ccccc1[Si](CC)(CC)c1ccccc1[N+]#[C-]. The van der Waals surface area contributed by atoms with Crippen LogP contribution in [0.4, 0.5) is 11.4 Å². The Morgan fingerprint density at radius 1 is 0.762 bits per heavy atom. The van der Waals surface area contributed by atoms with E-state index >= 15 is 0 Å². The van der Waals surface area contributed by atoms with Crippen LogP contribution >= 0.6 is 0 Å². The summed E-state index contributed by atoms with van der Waals surface area (Å²) in [6.07, 6.45) is 0. The molecule has 2 rings (SSSR count). The molecule has 21 heavy (non-hydrogen) atoms. The van der Waals surface area contributed by atoms with Crippen LogP contribution in [-0.2, 0) is 0 Å². The summed E-state index contributed by atoms with van der Waals surface area (Å²) in [6.45, 7) is 19.3. The van der Waals surface area contributed by atoms with E-state index in [0.717, 1.165) is 23.5 Å². The molecule has 0 amide bonds. The Morgan fingerprint density at radius 3 is 1.48 bits per heavy atom. The number of para-hydroxylation sites is 2. The summed E-state index contributed by atoms with van der Waals surface area (Å²) in [5.74, 6) is 0. The maximum atomic E-state index is 7.46. The van der Waals surface area contributed by atoms with Crippen molar-refractivity contribution < 1.29 is 0 Å². The zero-order valence-corrected chi connectivity index (χ0v) is 13.4. The van der Waals surface area contributed by atoms with Crippen LogP contribution in [0.3, 0.4) is 0 Å². The number of hydrogen-bond acceptors (Lipinski definition) is 0. The predicted molar refractivity (Wildman–Crippen MR) is 91.4 cm³/mol. The highest BCUT2D eigenvalue weighted by atomic mass is 28.3. The van der Waals surface area contributed by atoms with Gasteiger partial charge in [0.1, 0.15) is 0 Å². The molecule has 0 aliphatic carbocycles. The minimum absolute atomic E-state index is 0.743. The van der Waals surface area contributed by atoms with E-state index in [2.05, 4.69) is 35.7 Å². The Bertz CT molecular complexity index is 659. The van der Waals surface area contributed by atoms with Crippen molar-refractivity contribution in [2.24, 2.45) is 0 Å². The molecule has 0 spiro atoms. The lowest BCUT2D eigenvalue weighted by atomic mass is 10.3. The van der Waals surface area contributed by atoms with E-state index in [4.69, 9.17) is 13.1 Å². The average molecular weight is 290 g/mol. The summed E-state index contributed by atoms with van der Waals surface area (Å²) in [5, 5.41) is 2.34. The second-order valence-electron chi connectivity index (χ2n) is 5.05. The van der Waals surface area contributed by atoms with E-state index in [1.807, 2.05) is 36.4 Å². The summed E-state index contributed by atoms with van der Waals surface area (Å²) < 4.78 is 0. The van der Waals surface area contributed by atoms with Crippen molar-refractivity contribution in [3.8, 4) is 0 Å². The molecular weight excluding hydrogens is 272 g/mol. The topological polar surface area (TPSA) is 8.72 Å². The highest BCUT2D eigenvalue weighted by Crippen LogP contribution is 2.25. The number of hydrogen-bond donors (Lipinski definition) is 0. The van der Waals surface area contributed by atoms with Gasteiger partial charge in [-0.05, 0) is 10.4 Å². The molecule has 0 atom stereocenters. The van der Waals surface area contributed by atoms with E-state index in [1.54, 1.807) is 0 Å². The van der Waals surface area contributed by atoms with Crippen LogP contribution in [0.25, 0.3) is 9.69 Å². The van der Waals surface area contributed by atoms with Crippen molar-refractivity contribution in [1.82, 2.24) is 0 Å². The van der Waals surface area contributed by atoms with Crippen LogP contribution in [0.2, 0.25) is 12.1 Å². The summed E-state index contributed by atoms with van der Waals surface area (Å²) in [4.78, 5) is 7.44. The van der Waals surface area contributed by atoms with Gasteiger partial charge in [-0.1, -0.05) is 74.5 Å². The third-order valence-electron chi connectivity index (χ3n) is 4.29. The summed E-state index contributed by atoms with van der Waals surface area (Å²) in [6, 6.07) is 17.8. The lowest BCUT2D eigenvalue weighted by Crippen LogP contribution is -2.57. The quantitative estimate of drug-likeness (QED) is 0.583. The van der Waals surface area contributed by atoms with Gasteiger partial charge in [0.2, 0.25) is 0 Å². The largest absolute Gasteiger partial charge is 0.238 e. The molecule has 3 heteroatoms. The smallest absolute Gasteiger partial charge is 0.186 e. The maximum absolute atomic E-state index is 7.46. The zero-order valence-electron chi connectivity index (χ0n) is 12.4. The minimum atomic E-state index is -2.05. The van der Waals surface area contributed by atoms with Gasteiger partial charge in [-0.25, -0.2) is 9.69 Å². The maximum Gasteiger partial charge on any atom is 0.186 e. The minimum Gasteiger partial charge on any atom is -0.238 e. The highest BCUT2D eigenvalue weighted by molar-refractivity contribution is 7.03. The fourth-order valence-electron chi connectivity index (χ4n) is 3.11. The van der Waals surface area contributed by atoms with E-state index in [-0.39, 0.29) is 0 Å². The Hall–Kier alpha value is -2.36. The van der Waals surface area contributed by atoms with Crippen LogP contribution in [0.1, 0.15) is 13.8 Å². The molecule has 0 aliphatic heterocycles. The van der Waals surface area contributed by atoms with E-state index < -0.39 is 8.07 Å². The summed E-state index contributed by atoms with van der Waals surface area (Å²) in [5.41, 5.74) is 1.49. The predicted octanol–water partition coefficient (Wildman–Crippen LogP) is 4.39. The van der Waals surface area contributed by atoms with Crippen LogP contribution in [0.5, 0.6) is 0 Å². The summed E-state index contributed by atoms with van der Waals surface area (Å²) in [7, 11) is -2.05. The molecule has 2 nitrogen and oxygen atoms in total. The fourth-order valence-corrected chi connectivity index (χ4v) is 7.51. The first kappa shape index (κ1) is 15.0. The Balaban J connectivity index is 2.79. The molecular formula is C18H18N2Si. The van der Waals surface area contributed by atoms with Crippen molar-refractivity contribution in [3.05, 3.63) is 71.4 Å². The molecule has 0 saturated heterocycles. The first-order valence-electron chi connectivity index (χ1n) is 7.17. The van der Waals surface area contributed by atoms with Crippen molar-refractivity contribution in [3.63, 3.8) is 0 Å². The van der Waals surface area contributed by atoms with Gasteiger partial charge in [0, 0.05) is 0 Å². The second-order valence-corrected chi connectivity index (χ2v) is 9.70. The van der Waals surface area contributed by atoms with Crippen LogP contribution in [-0.4, -0.2) is 8.07 Å². The standard InChI is InChI=1S/C18H18N2Si/c1-5-21(6-2,17-13-9-7-11-15(17)19-3)18-14-10-8-12-16(18)20-4/h7-14H,5-6H2,1-2H3. The van der Waals surface area contributed by atoms with Crippen molar-refractivity contribution >= 4 is 29.8 Å². The molecule has 0 radical (unpaired) electrons. The van der Waals surface area contributed by atoms with E-state index in [0.29, 0.717) is 0 Å². The monoisotopic (exact) mass is 290 g/mol. The van der Waals surface area contributed by atoms with Crippen LogP contribution in [0, 0.1) is 13.1 Å². The molecule has 0 N–H and O–H groups in total. The number of benzene rings is 2. The number of nitrogens with zero attached hydrogens (tertiary/aromatic N) is 2. The molecule has 0 aromatic heterocycles. The van der Waals surface area contributed by atoms with Crippen molar-refractivity contribution in [2.75, 3.05) is 0 Å². The highest BCUT2D eigenvalue weighted by Gasteiger charge is 2.36.